The number of amides is 1. The van der Waals surface area contributed by atoms with Gasteiger partial charge in [0, 0.05) is 28.3 Å². The molecule has 0 unspecified atom stereocenters. The standard InChI is InChI=1S/C29H30N2O3S/c1-3-4-18-33-25-16-10-22(11-17-25)19-30-28(32)23-12-14-24(15-13-23)29-31-27(21(2)34-29)20-35-26-8-6-5-7-9-26/h5-17H,3-4,18-20H2,1-2H3,(H,30,32). The number of aromatic nitrogens is 1. The lowest BCUT2D eigenvalue weighted by Crippen LogP contribution is -2.22. The number of benzene rings is 3. The summed E-state index contributed by atoms with van der Waals surface area (Å²) in [6.45, 7) is 5.25. The van der Waals surface area contributed by atoms with Gasteiger partial charge in [0.25, 0.3) is 5.91 Å². The summed E-state index contributed by atoms with van der Waals surface area (Å²) in [4.78, 5) is 18.5. The molecule has 0 saturated carbocycles. The van der Waals surface area contributed by atoms with Crippen molar-refractivity contribution in [2.45, 2.75) is 43.9 Å². The Morgan fingerprint density at radius 2 is 1.74 bits per heavy atom. The van der Waals surface area contributed by atoms with E-state index in [1.165, 1.54) is 4.90 Å². The van der Waals surface area contributed by atoms with E-state index >= 15 is 0 Å². The van der Waals surface area contributed by atoms with Crippen molar-refractivity contribution in [1.82, 2.24) is 10.3 Å². The smallest absolute Gasteiger partial charge is 0.251 e. The van der Waals surface area contributed by atoms with Gasteiger partial charge in [-0.05, 0) is 67.4 Å². The number of carbonyl (C=O) groups is 1. The van der Waals surface area contributed by atoms with E-state index in [4.69, 9.17) is 9.15 Å². The van der Waals surface area contributed by atoms with Gasteiger partial charge >= 0.3 is 0 Å². The van der Waals surface area contributed by atoms with Crippen molar-refractivity contribution >= 4 is 17.7 Å². The topological polar surface area (TPSA) is 64.4 Å². The highest BCUT2D eigenvalue weighted by molar-refractivity contribution is 7.98. The van der Waals surface area contributed by atoms with Crippen LogP contribution in [-0.4, -0.2) is 17.5 Å². The molecule has 0 bridgehead atoms. The fourth-order valence-corrected chi connectivity index (χ4v) is 4.36. The summed E-state index contributed by atoms with van der Waals surface area (Å²) >= 11 is 1.73. The maximum atomic E-state index is 12.6. The average molecular weight is 487 g/mol. The predicted molar refractivity (Wildman–Crippen MR) is 141 cm³/mol. The van der Waals surface area contributed by atoms with Crippen LogP contribution in [0.1, 0.15) is 47.1 Å². The number of thioether (sulfide) groups is 1. The summed E-state index contributed by atoms with van der Waals surface area (Å²) in [7, 11) is 0. The van der Waals surface area contributed by atoms with Crippen LogP contribution in [0.15, 0.2) is 88.2 Å². The maximum Gasteiger partial charge on any atom is 0.251 e. The van der Waals surface area contributed by atoms with Gasteiger partial charge in [0.05, 0.1) is 12.3 Å². The van der Waals surface area contributed by atoms with Gasteiger partial charge in [-0.25, -0.2) is 4.98 Å². The van der Waals surface area contributed by atoms with Gasteiger partial charge in [-0.2, -0.15) is 0 Å². The summed E-state index contributed by atoms with van der Waals surface area (Å²) in [5.74, 6) is 2.86. The number of hydrogen-bond donors (Lipinski definition) is 1. The molecule has 4 rings (SSSR count). The number of ether oxygens (including phenoxy) is 1. The van der Waals surface area contributed by atoms with Crippen molar-refractivity contribution in [1.29, 1.82) is 0 Å². The van der Waals surface area contributed by atoms with Crippen LogP contribution in [-0.2, 0) is 12.3 Å². The first kappa shape index (κ1) is 24.6. The van der Waals surface area contributed by atoms with Gasteiger partial charge in [-0.1, -0.05) is 43.7 Å². The van der Waals surface area contributed by atoms with E-state index in [-0.39, 0.29) is 5.91 Å². The highest BCUT2D eigenvalue weighted by atomic mass is 32.2. The molecule has 0 spiro atoms. The molecule has 0 fully saturated rings. The molecular weight excluding hydrogens is 456 g/mol. The molecule has 1 heterocycles. The van der Waals surface area contributed by atoms with Crippen molar-refractivity contribution < 1.29 is 13.9 Å². The minimum absolute atomic E-state index is 0.122. The first-order chi connectivity index (χ1) is 17.1. The fraction of sp³-hybridized carbons (Fsp3) is 0.241. The molecule has 35 heavy (non-hydrogen) atoms. The van der Waals surface area contributed by atoms with Gasteiger partial charge in [-0.15, -0.1) is 11.8 Å². The molecular formula is C29H30N2O3S. The van der Waals surface area contributed by atoms with E-state index in [2.05, 4.69) is 29.4 Å². The summed E-state index contributed by atoms with van der Waals surface area (Å²) in [6, 6.07) is 25.4. The molecule has 5 nitrogen and oxygen atoms in total. The fourth-order valence-electron chi connectivity index (χ4n) is 3.44. The second-order valence-corrected chi connectivity index (χ2v) is 9.28. The minimum atomic E-state index is -0.122. The van der Waals surface area contributed by atoms with E-state index < -0.39 is 0 Å². The monoisotopic (exact) mass is 486 g/mol. The largest absolute Gasteiger partial charge is 0.494 e. The SMILES string of the molecule is CCCCOc1ccc(CNC(=O)c2ccc(-c3nc(CSc4ccccc4)c(C)o3)cc2)cc1. The molecule has 0 aliphatic carbocycles. The minimum Gasteiger partial charge on any atom is -0.494 e. The Hall–Kier alpha value is -3.51. The number of carbonyl (C=O) groups excluding carboxylic acids is 1. The molecule has 4 aromatic rings. The quantitative estimate of drug-likeness (QED) is 0.182. The number of unbranched alkanes of at least 4 members (excludes halogenated alkanes) is 1. The van der Waals surface area contributed by atoms with Gasteiger partial charge in [0.15, 0.2) is 0 Å². The van der Waals surface area contributed by atoms with E-state index in [1.807, 2.05) is 61.5 Å². The number of rotatable bonds is 11. The van der Waals surface area contributed by atoms with Crippen LogP contribution in [0.25, 0.3) is 11.5 Å². The molecule has 3 aromatic carbocycles. The summed E-state index contributed by atoms with van der Waals surface area (Å²) in [6.07, 6.45) is 2.15. The highest BCUT2D eigenvalue weighted by Gasteiger charge is 2.13. The van der Waals surface area contributed by atoms with E-state index in [0.717, 1.165) is 53.5 Å². The summed E-state index contributed by atoms with van der Waals surface area (Å²) in [5.41, 5.74) is 3.39. The van der Waals surface area contributed by atoms with Gasteiger partial charge in [0.2, 0.25) is 5.89 Å². The molecule has 0 saturated heterocycles. The Kier molecular flexibility index (Phi) is 8.63. The Labute approximate surface area is 210 Å². The molecule has 1 aromatic heterocycles. The van der Waals surface area contributed by atoms with E-state index in [1.54, 1.807) is 23.9 Å². The van der Waals surface area contributed by atoms with Crippen molar-refractivity contribution in [3.8, 4) is 17.2 Å². The highest BCUT2D eigenvalue weighted by Crippen LogP contribution is 2.27. The van der Waals surface area contributed by atoms with Crippen LogP contribution < -0.4 is 10.1 Å². The second-order valence-electron chi connectivity index (χ2n) is 8.23. The zero-order chi connectivity index (χ0) is 24.5. The third kappa shape index (κ3) is 6.99. The second kappa shape index (κ2) is 12.3. The Morgan fingerprint density at radius 3 is 2.46 bits per heavy atom. The van der Waals surface area contributed by atoms with Crippen molar-refractivity contribution in [2.24, 2.45) is 0 Å². The average Bonchev–Trinajstić information content (AvgIpc) is 3.28. The maximum absolute atomic E-state index is 12.6. The summed E-state index contributed by atoms with van der Waals surface area (Å²) < 4.78 is 11.6. The normalized spacial score (nSPS) is 10.8. The Bertz CT molecular complexity index is 1220. The van der Waals surface area contributed by atoms with Crippen LogP contribution in [0.5, 0.6) is 5.75 Å². The zero-order valence-corrected chi connectivity index (χ0v) is 20.9. The number of aryl methyl sites for hydroxylation is 1. The van der Waals surface area contributed by atoms with Crippen molar-refractivity contribution in [3.05, 3.63) is 101 Å². The molecule has 0 aliphatic rings. The van der Waals surface area contributed by atoms with Crippen molar-refractivity contribution in [2.75, 3.05) is 6.61 Å². The first-order valence-corrected chi connectivity index (χ1v) is 12.9. The molecule has 180 valence electrons. The van der Waals surface area contributed by atoms with Crippen LogP contribution in [0, 0.1) is 6.92 Å². The lowest BCUT2D eigenvalue weighted by atomic mass is 10.1. The van der Waals surface area contributed by atoms with E-state index in [0.29, 0.717) is 18.0 Å². The molecule has 1 N–H and O–H groups in total. The number of nitrogens with one attached hydrogen (secondary N) is 1. The molecule has 0 radical (unpaired) electrons. The molecule has 6 heteroatoms. The van der Waals surface area contributed by atoms with Crippen molar-refractivity contribution in [3.63, 3.8) is 0 Å². The predicted octanol–water partition coefficient (Wildman–Crippen LogP) is 7.05. The summed E-state index contributed by atoms with van der Waals surface area (Å²) in [5, 5.41) is 2.97. The molecule has 0 atom stereocenters. The lowest BCUT2D eigenvalue weighted by Gasteiger charge is -2.08. The first-order valence-electron chi connectivity index (χ1n) is 11.9. The van der Waals surface area contributed by atoms with Crippen LogP contribution in [0.4, 0.5) is 0 Å². The Balaban J connectivity index is 1.31. The lowest BCUT2D eigenvalue weighted by molar-refractivity contribution is 0.0951. The molecule has 0 aliphatic heterocycles. The van der Waals surface area contributed by atoms with Crippen LogP contribution >= 0.6 is 11.8 Å². The van der Waals surface area contributed by atoms with Gasteiger partial charge < -0.3 is 14.5 Å². The van der Waals surface area contributed by atoms with Gasteiger partial charge in [0.1, 0.15) is 11.5 Å². The number of hydrogen-bond acceptors (Lipinski definition) is 5. The third-order valence-electron chi connectivity index (χ3n) is 5.55. The van der Waals surface area contributed by atoms with Crippen LogP contribution in [0.2, 0.25) is 0 Å². The zero-order valence-electron chi connectivity index (χ0n) is 20.1. The molecule has 1 amide bonds. The van der Waals surface area contributed by atoms with E-state index in [9.17, 15) is 4.79 Å². The number of nitrogens with zero attached hydrogens (tertiary/aromatic N) is 1. The van der Waals surface area contributed by atoms with Crippen LogP contribution in [0.3, 0.4) is 0 Å². The third-order valence-corrected chi connectivity index (χ3v) is 6.57. The van der Waals surface area contributed by atoms with Gasteiger partial charge in [-0.3, -0.25) is 4.79 Å². The number of oxazole rings is 1. The Morgan fingerprint density at radius 1 is 1.00 bits per heavy atom.